The van der Waals surface area contributed by atoms with Crippen LogP contribution in [0.5, 0.6) is 11.5 Å². The molecule has 0 saturated carbocycles. The van der Waals surface area contributed by atoms with Crippen LogP contribution in [-0.4, -0.2) is 35.6 Å². The summed E-state index contributed by atoms with van der Waals surface area (Å²) in [5.74, 6) is 1.18. The highest BCUT2D eigenvalue weighted by Gasteiger charge is 2.12. The second-order valence-corrected chi connectivity index (χ2v) is 4.93. The molecule has 108 valence electrons. The summed E-state index contributed by atoms with van der Waals surface area (Å²) < 4.78 is 11.3. The first kappa shape index (κ1) is 14.6. The van der Waals surface area contributed by atoms with Crippen LogP contribution in [0.4, 0.5) is 0 Å². The largest absolute Gasteiger partial charge is 0.487 e. The maximum Gasteiger partial charge on any atom is 0.169 e. The fourth-order valence-electron chi connectivity index (χ4n) is 1.90. The smallest absolute Gasteiger partial charge is 0.169 e. The summed E-state index contributed by atoms with van der Waals surface area (Å²) in [6.45, 7) is 3.72. The Morgan fingerprint density at radius 1 is 0.900 bits per heavy atom. The summed E-state index contributed by atoms with van der Waals surface area (Å²) in [6.07, 6.45) is -1.11. The number of rotatable bonds is 6. The molecule has 0 bridgehead atoms. The normalized spacial score (nSPS) is 14.0. The first-order valence-corrected chi connectivity index (χ1v) is 6.71. The minimum Gasteiger partial charge on any atom is -0.487 e. The molecule has 2 aromatic rings. The topological polar surface area (TPSA) is 58.9 Å². The van der Waals surface area contributed by atoms with Crippen molar-refractivity contribution in [3.8, 4) is 11.5 Å². The van der Waals surface area contributed by atoms with Crippen LogP contribution in [0.15, 0.2) is 36.4 Å². The van der Waals surface area contributed by atoms with E-state index < -0.39 is 12.2 Å². The summed E-state index contributed by atoms with van der Waals surface area (Å²) in [4.78, 5) is 0. The van der Waals surface area contributed by atoms with Gasteiger partial charge in [0.15, 0.2) is 11.5 Å². The number of benzene rings is 2. The predicted molar refractivity (Wildman–Crippen MR) is 78.3 cm³/mol. The molecular formula is C16H20O4. The van der Waals surface area contributed by atoms with Crippen molar-refractivity contribution in [3.63, 3.8) is 0 Å². The number of aliphatic hydroxyl groups excluding tert-OH is 2. The van der Waals surface area contributed by atoms with Crippen molar-refractivity contribution in [2.24, 2.45) is 0 Å². The molecule has 2 atom stereocenters. The van der Waals surface area contributed by atoms with Crippen LogP contribution in [-0.2, 0) is 0 Å². The van der Waals surface area contributed by atoms with Gasteiger partial charge in [-0.15, -0.1) is 0 Å². The Kier molecular flexibility index (Phi) is 4.82. The molecule has 0 aliphatic rings. The third-order valence-electron chi connectivity index (χ3n) is 2.79. The van der Waals surface area contributed by atoms with Crippen molar-refractivity contribution < 1.29 is 19.7 Å². The lowest BCUT2D eigenvalue weighted by molar-refractivity contribution is 0.108. The van der Waals surface area contributed by atoms with Crippen molar-refractivity contribution in [3.05, 3.63) is 36.4 Å². The molecule has 0 aromatic heterocycles. The molecule has 2 unspecified atom stereocenters. The van der Waals surface area contributed by atoms with Gasteiger partial charge in [-0.3, -0.25) is 0 Å². The molecule has 0 radical (unpaired) electrons. The Morgan fingerprint density at radius 3 is 2.25 bits per heavy atom. The third kappa shape index (κ3) is 3.62. The Balaban J connectivity index is 2.36. The van der Waals surface area contributed by atoms with Gasteiger partial charge in [0, 0.05) is 5.39 Å². The summed E-state index contributed by atoms with van der Waals surface area (Å²) in [7, 11) is 0. The SMILES string of the molecule is CC(O)COc1ccc2ccccc2c1OCC(C)O. The zero-order valence-electron chi connectivity index (χ0n) is 11.7. The van der Waals surface area contributed by atoms with Gasteiger partial charge in [0.25, 0.3) is 0 Å². The quantitative estimate of drug-likeness (QED) is 0.850. The minimum absolute atomic E-state index is 0.193. The van der Waals surface area contributed by atoms with Crippen LogP contribution in [0.25, 0.3) is 10.8 Å². The number of hydrogen-bond donors (Lipinski definition) is 2. The van der Waals surface area contributed by atoms with E-state index in [1.54, 1.807) is 13.8 Å². The van der Waals surface area contributed by atoms with Gasteiger partial charge in [0.05, 0.1) is 12.2 Å². The summed E-state index contributed by atoms with van der Waals surface area (Å²) >= 11 is 0. The van der Waals surface area contributed by atoms with Crippen molar-refractivity contribution in [1.82, 2.24) is 0 Å². The summed E-state index contributed by atoms with van der Waals surface area (Å²) in [5, 5.41) is 20.7. The van der Waals surface area contributed by atoms with E-state index in [-0.39, 0.29) is 13.2 Å². The van der Waals surface area contributed by atoms with Gasteiger partial charge in [0.1, 0.15) is 13.2 Å². The molecule has 20 heavy (non-hydrogen) atoms. The predicted octanol–water partition coefficient (Wildman–Crippen LogP) is 2.36. The van der Waals surface area contributed by atoms with Gasteiger partial charge >= 0.3 is 0 Å². The van der Waals surface area contributed by atoms with Crippen molar-refractivity contribution in [2.45, 2.75) is 26.1 Å². The van der Waals surface area contributed by atoms with Crippen LogP contribution in [0.2, 0.25) is 0 Å². The van der Waals surface area contributed by atoms with E-state index in [0.717, 1.165) is 10.8 Å². The number of ether oxygens (including phenoxy) is 2. The third-order valence-corrected chi connectivity index (χ3v) is 2.79. The molecular weight excluding hydrogens is 256 g/mol. The molecule has 4 nitrogen and oxygen atoms in total. The first-order chi connectivity index (χ1) is 9.58. The Bertz CT molecular complexity index is 563. The van der Waals surface area contributed by atoms with Gasteiger partial charge in [-0.1, -0.05) is 30.3 Å². The van der Waals surface area contributed by atoms with Gasteiger partial charge in [-0.2, -0.15) is 0 Å². The number of aliphatic hydroxyl groups is 2. The van der Waals surface area contributed by atoms with Crippen molar-refractivity contribution >= 4 is 10.8 Å². The molecule has 0 saturated heterocycles. The van der Waals surface area contributed by atoms with Crippen LogP contribution >= 0.6 is 0 Å². The van der Waals surface area contributed by atoms with E-state index in [1.165, 1.54) is 0 Å². The zero-order chi connectivity index (χ0) is 14.5. The fraction of sp³-hybridized carbons (Fsp3) is 0.375. The molecule has 0 fully saturated rings. The lowest BCUT2D eigenvalue weighted by Crippen LogP contribution is -2.16. The lowest BCUT2D eigenvalue weighted by atomic mass is 10.1. The molecule has 2 N–H and O–H groups in total. The minimum atomic E-state index is -0.557. The van der Waals surface area contributed by atoms with E-state index in [9.17, 15) is 10.2 Å². The van der Waals surface area contributed by atoms with Crippen LogP contribution in [0.3, 0.4) is 0 Å². The summed E-state index contributed by atoms with van der Waals surface area (Å²) in [6, 6.07) is 11.6. The summed E-state index contributed by atoms with van der Waals surface area (Å²) in [5.41, 5.74) is 0. The molecule has 0 aliphatic heterocycles. The second kappa shape index (κ2) is 6.59. The zero-order valence-corrected chi connectivity index (χ0v) is 11.7. The highest BCUT2D eigenvalue weighted by Crippen LogP contribution is 2.35. The molecule has 2 aromatic carbocycles. The molecule has 4 heteroatoms. The number of fused-ring (bicyclic) bond motifs is 1. The van der Waals surface area contributed by atoms with Gasteiger partial charge in [0.2, 0.25) is 0 Å². The highest BCUT2D eigenvalue weighted by molar-refractivity contribution is 5.90. The van der Waals surface area contributed by atoms with E-state index in [1.807, 2.05) is 36.4 Å². The maximum atomic E-state index is 9.39. The van der Waals surface area contributed by atoms with Gasteiger partial charge < -0.3 is 19.7 Å². The molecule has 0 aliphatic carbocycles. The average Bonchev–Trinajstić information content (AvgIpc) is 2.42. The van der Waals surface area contributed by atoms with E-state index in [0.29, 0.717) is 11.5 Å². The van der Waals surface area contributed by atoms with Gasteiger partial charge in [-0.05, 0) is 25.3 Å². The van der Waals surface area contributed by atoms with Crippen molar-refractivity contribution in [1.29, 1.82) is 0 Å². The second-order valence-electron chi connectivity index (χ2n) is 4.93. The van der Waals surface area contributed by atoms with E-state index in [2.05, 4.69) is 0 Å². The van der Waals surface area contributed by atoms with E-state index >= 15 is 0 Å². The highest BCUT2D eigenvalue weighted by atomic mass is 16.5. The van der Waals surface area contributed by atoms with Crippen LogP contribution in [0, 0.1) is 0 Å². The van der Waals surface area contributed by atoms with Crippen LogP contribution < -0.4 is 9.47 Å². The maximum absolute atomic E-state index is 9.39. The standard InChI is InChI=1S/C16H20O4/c1-11(17)9-19-15-8-7-13-5-3-4-6-14(13)16(15)20-10-12(2)18/h3-8,11-12,17-18H,9-10H2,1-2H3. The van der Waals surface area contributed by atoms with Crippen molar-refractivity contribution in [2.75, 3.05) is 13.2 Å². The lowest BCUT2D eigenvalue weighted by Gasteiger charge is -2.16. The monoisotopic (exact) mass is 276 g/mol. The first-order valence-electron chi connectivity index (χ1n) is 6.71. The van der Waals surface area contributed by atoms with Crippen LogP contribution in [0.1, 0.15) is 13.8 Å². The average molecular weight is 276 g/mol. The molecule has 0 amide bonds. The Morgan fingerprint density at radius 2 is 1.55 bits per heavy atom. The van der Waals surface area contributed by atoms with E-state index in [4.69, 9.17) is 9.47 Å². The molecule has 0 heterocycles. The molecule has 0 spiro atoms. The fourth-order valence-corrected chi connectivity index (χ4v) is 1.90. The Hall–Kier alpha value is -1.78. The molecule has 2 rings (SSSR count). The Labute approximate surface area is 118 Å². The number of hydrogen-bond acceptors (Lipinski definition) is 4. The van der Waals surface area contributed by atoms with Gasteiger partial charge in [-0.25, -0.2) is 0 Å².